The van der Waals surface area contributed by atoms with Crippen LogP contribution in [0.2, 0.25) is 0 Å². The Labute approximate surface area is 157 Å². The monoisotopic (exact) mass is 345 g/mol. The van der Waals surface area contributed by atoms with Crippen LogP contribution in [0, 0.1) is 0 Å². The quantitative estimate of drug-likeness (QED) is 0.270. The zero-order valence-corrected chi connectivity index (χ0v) is 16.8. The van der Waals surface area contributed by atoms with Gasteiger partial charge in [0.15, 0.2) is 0 Å². The van der Waals surface area contributed by atoms with E-state index >= 15 is 0 Å². The molecule has 0 fully saturated rings. The number of benzene rings is 1. The molecule has 2 unspecified atom stereocenters. The lowest BCUT2D eigenvalue weighted by Gasteiger charge is -2.18. The molecule has 0 aromatic heterocycles. The molecular weight excluding hydrogens is 304 g/mol. The molecule has 0 aliphatic rings. The first-order chi connectivity index (χ1) is 12.3. The van der Waals surface area contributed by atoms with Crippen LogP contribution in [-0.2, 0) is 5.11 Å². The molecular formula is C24H41O. The Morgan fingerprint density at radius 1 is 0.680 bits per heavy atom. The highest BCUT2D eigenvalue weighted by Crippen LogP contribution is 2.26. The van der Waals surface area contributed by atoms with Crippen molar-refractivity contribution in [2.24, 2.45) is 0 Å². The molecule has 1 nitrogen and oxygen atoms in total. The van der Waals surface area contributed by atoms with Gasteiger partial charge in [0, 0.05) is 5.92 Å². The minimum Gasteiger partial charge on any atom is -0.233 e. The molecule has 0 saturated heterocycles. The van der Waals surface area contributed by atoms with Crippen LogP contribution in [0.4, 0.5) is 0 Å². The highest BCUT2D eigenvalue weighted by atomic mass is 16.3. The Morgan fingerprint density at radius 2 is 1.12 bits per heavy atom. The van der Waals surface area contributed by atoms with Gasteiger partial charge in [0.1, 0.15) is 0 Å². The first-order valence-electron chi connectivity index (χ1n) is 11.0. The second-order valence-corrected chi connectivity index (χ2v) is 7.75. The molecule has 1 aromatic rings. The molecule has 143 valence electrons. The van der Waals surface area contributed by atoms with E-state index in [4.69, 9.17) is 0 Å². The average Bonchev–Trinajstić information content (AvgIpc) is 2.62. The predicted octanol–water partition coefficient (Wildman–Crippen LogP) is 8.07. The molecule has 0 amide bonds. The summed E-state index contributed by atoms with van der Waals surface area (Å²) in [6.07, 6.45) is 18.5. The maximum absolute atomic E-state index is 12.0. The van der Waals surface area contributed by atoms with Gasteiger partial charge in [-0.25, -0.2) is 5.11 Å². The number of hydrogen-bond donors (Lipinski definition) is 0. The fourth-order valence-corrected chi connectivity index (χ4v) is 3.75. The normalized spacial score (nSPS) is 13.7. The van der Waals surface area contributed by atoms with Gasteiger partial charge in [-0.15, -0.1) is 0 Å². The Bertz CT molecular complexity index is 384. The molecule has 0 bridgehead atoms. The summed E-state index contributed by atoms with van der Waals surface area (Å²) in [6, 6.07) is 10.4. The smallest absolute Gasteiger partial charge is 0.0970 e. The summed E-state index contributed by atoms with van der Waals surface area (Å²) in [4.78, 5) is 0. The fraction of sp³-hybridized carbons (Fsp3) is 0.750. The van der Waals surface area contributed by atoms with Crippen LogP contribution in [0.15, 0.2) is 30.3 Å². The summed E-state index contributed by atoms with van der Waals surface area (Å²) in [5, 5.41) is 12.0. The van der Waals surface area contributed by atoms with Gasteiger partial charge in [0.25, 0.3) is 0 Å². The molecule has 0 heterocycles. The van der Waals surface area contributed by atoms with E-state index in [2.05, 4.69) is 31.2 Å². The van der Waals surface area contributed by atoms with Crippen molar-refractivity contribution in [2.75, 3.05) is 0 Å². The second kappa shape index (κ2) is 15.4. The third-order valence-corrected chi connectivity index (χ3v) is 5.41. The van der Waals surface area contributed by atoms with E-state index in [1.165, 1.54) is 89.0 Å². The zero-order valence-electron chi connectivity index (χ0n) is 16.8. The van der Waals surface area contributed by atoms with Crippen LogP contribution in [0.5, 0.6) is 0 Å². The number of rotatable bonds is 16. The maximum atomic E-state index is 12.0. The van der Waals surface area contributed by atoms with Gasteiger partial charge in [-0.1, -0.05) is 121 Å². The minimum absolute atomic E-state index is 0.189. The maximum Gasteiger partial charge on any atom is 0.0970 e. The molecule has 1 heteroatoms. The van der Waals surface area contributed by atoms with Crippen LogP contribution >= 0.6 is 0 Å². The first kappa shape index (κ1) is 22.2. The molecule has 1 aromatic carbocycles. The van der Waals surface area contributed by atoms with Crippen molar-refractivity contribution in [2.45, 2.75) is 116 Å². The predicted molar refractivity (Wildman–Crippen MR) is 110 cm³/mol. The van der Waals surface area contributed by atoms with Crippen molar-refractivity contribution in [3.8, 4) is 0 Å². The molecule has 25 heavy (non-hydrogen) atoms. The molecule has 0 aliphatic heterocycles. The van der Waals surface area contributed by atoms with Gasteiger partial charge in [0.2, 0.25) is 0 Å². The van der Waals surface area contributed by atoms with E-state index in [0.29, 0.717) is 0 Å². The van der Waals surface area contributed by atoms with Crippen molar-refractivity contribution < 1.29 is 5.11 Å². The molecule has 1 radical (unpaired) electrons. The van der Waals surface area contributed by atoms with Crippen LogP contribution in [-0.4, -0.2) is 6.10 Å². The third-order valence-electron chi connectivity index (χ3n) is 5.41. The molecule has 1 rings (SSSR count). The molecule has 0 N–H and O–H groups in total. The van der Waals surface area contributed by atoms with E-state index in [1.807, 2.05) is 13.0 Å². The highest BCUT2D eigenvalue weighted by Gasteiger charge is 2.17. The summed E-state index contributed by atoms with van der Waals surface area (Å²) in [6.45, 7) is 4.10. The van der Waals surface area contributed by atoms with Crippen LogP contribution in [0.1, 0.15) is 115 Å². The first-order valence-corrected chi connectivity index (χ1v) is 11.0. The van der Waals surface area contributed by atoms with E-state index in [0.717, 1.165) is 6.42 Å². The van der Waals surface area contributed by atoms with E-state index in [1.54, 1.807) is 0 Å². The van der Waals surface area contributed by atoms with Crippen molar-refractivity contribution in [1.29, 1.82) is 0 Å². The van der Waals surface area contributed by atoms with Gasteiger partial charge in [-0.05, 0) is 18.9 Å². The van der Waals surface area contributed by atoms with Crippen LogP contribution < -0.4 is 0 Å². The van der Waals surface area contributed by atoms with Gasteiger partial charge in [-0.3, -0.25) is 0 Å². The van der Waals surface area contributed by atoms with E-state index in [9.17, 15) is 5.11 Å². The molecule has 0 spiro atoms. The van der Waals surface area contributed by atoms with Gasteiger partial charge in [-0.2, -0.15) is 0 Å². The average molecular weight is 346 g/mol. The largest absolute Gasteiger partial charge is 0.233 e. The van der Waals surface area contributed by atoms with Gasteiger partial charge < -0.3 is 0 Å². The lowest BCUT2D eigenvalue weighted by atomic mass is 9.89. The lowest BCUT2D eigenvalue weighted by Crippen LogP contribution is -2.13. The molecule has 0 saturated carbocycles. The Hall–Kier alpha value is -0.820. The Morgan fingerprint density at radius 3 is 1.56 bits per heavy atom. The number of unbranched alkanes of at least 4 members (excludes halogenated alkanes) is 12. The summed E-state index contributed by atoms with van der Waals surface area (Å²) in [5.74, 6) is 0.189. The summed E-state index contributed by atoms with van der Waals surface area (Å²) in [7, 11) is 0. The Kier molecular flexibility index (Phi) is 13.7. The Balaban J connectivity index is 1.95. The topological polar surface area (TPSA) is 19.9 Å². The van der Waals surface area contributed by atoms with Crippen molar-refractivity contribution in [1.82, 2.24) is 0 Å². The van der Waals surface area contributed by atoms with E-state index in [-0.39, 0.29) is 5.92 Å². The number of hydrogen-bond acceptors (Lipinski definition) is 0. The second-order valence-electron chi connectivity index (χ2n) is 7.75. The summed E-state index contributed by atoms with van der Waals surface area (Å²) >= 11 is 0. The molecule has 0 aliphatic carbocycles. The minimum atomic E-state index is -0.500. The molecule has 2 atom stereocenters. The zero-order chi connectivity index (χ0) is 18.2. The van der Waals surface area contributed by atoms with Crippen molar-refractivity contribution >= 4 is 0 Å². The summed E-state index contributed by atoms with van der Waals surface area (Å²) in [5.41, 5.74) is 1.23. The van der Waals surface area contributed by atoms with Gasteiger partial charge >= 0.3 is 0 Å². The fourth-order valence-electron chi connectivity index (χ4n) is 3.75. The summed E-state index contributed by atoms with van der Waals surface area (Å²) < 4.78 is 0. The third kappa shape index (κ3) is 11.4. The lowest BCUT2D eigenvalue weighted by molar-refractivity contribution is 0.0762. The van der Waals surface area contributed by atoms with Crippen molar-refractivity contribution in [3.63, 3.8) is 0 Å². The van der Waals surface area contributed by atoms with E-state index < -0.39 is 6.10 Å². The van der Waals surface area contributed by atoms with Crippen LogP contribution in [0.25, 0.3) is 0 Å². The van der Waals surface area contributed by atoms with Crippen LogP contribution in [0.3, 0.4) is 0 Å². The SMILES string of the molecule is CCCCCCCCCCCCCCCC(c1ccccc1)C(C)[O]. The van der Waals surface area contributed by atoms with Crippen molar-refractivity contribution in [3.05, 3.63) is 35.9 Å². The van der Waals surface area contributed by atoms with Gasteiger partial charge in [0.05, 0.1) is 6.10 Å². The highest BCUT2D eigenvalue weighted by molar-refractivity contribution is 5.20. The standard InChI is InChI=1S/C24H41O/c1-3-4-5-6-7-8-9-10-11-12-13-14-18-21-24(22(2)25)23-19-16-15-17-20-23/h15-17,19-20,22,24H,3-14,18,21H2,1-2H3.